The van der Waals surface area contributed by atoms with Gasteiger partial charge in [-0.05, 0) is 35.7 Å². The van der Waals surface area contributed by atoms with Crippen LogP contribution >= 0.6 is 0 Å². The van der Waals surface area contributed by atoms with Crippen LogP contribution in [-0.4, -0.2) is 32.2 Å². The third-order valence-electron chi connectivity index (χ3n) is 4.30. The van der Waals surface area contributed by atoms with Crippen LogP contribution in [0.2, 0.25) is 0 Å². The smallest absolute Gasteiger partial charge is 0.261 e. The van der Waals surface area contributed by atoms with E-state index >= 15 is 0 Å². The van der Waals surface area contributed by atoms with Crippen molar-refractivity contribution in [1.29, 1.82) is 0 Å². The number of phenols is 1. The van der Waals surface area contributed by atoms with E-state index < -0.39 is 0 Å². The summed E-state index contributed by atoms with van der Waals surface area (Å²) in [6.45, 7) is 0. The molecule has 0 bridgehead atoms. The number of ether oxygens (including phenoxy) is 3. The average Bonchev–Trinajstić information content (AvgIpc) is 2.66. The number of methoxy groups -OCH3 is 3. The van der Waals surface area contributed by atoms with Crippen LogP contribution in [0.5, 0.6) is 23.0 Å². The number of hydrogen-bond donors (Lipinski definition) is 1. The number of benzene rings is 2. The molecule has 1 N–H and O–H groups in total. The van der Waals surface area contributed by atoms with E-state index in [1.807, 2.05) is 18.3 Å². The Labute approximate surface area is 151 Å². The molecule has 0 unspecified atom stereocenters. The van der Waals surface area contributed by atoms with Gasteiger partial charge in [0, 0.05) is 11.6 Å². The predicted octanol–water partition coefficient (Wildman–Crippen LogP) is 2.63. The van der Waals surface area contributed by atoms with Crippen LogP contribution in [0.4, 0.5) is 0 Å². The van der Waals surface area contributed by atoms with E-state index in [1.165, 1.54) is 19.2 Å². The Morgan fingerprint density at radius 3 is 2.23 bits per heavy atom. The lowest BCUT2D eigenvalue weighted by molar-refractivity contribution is -0.671. The number of rotatable bonds is 5. The first-order valence-electron chi connectivity index (χ1n) is 7.96. The zero-order chi connectivity index (χ0) is 18.8. The van der Waals surface area contributed by atoms with Gasteiger partial charge in [-0.1, -0.05) is 0 Å². The van der Waals surface area contributed by atoms with Gasteiger partial charge in [0.15, 0.2) is 29.2 Å². The summed E-state index contributed by atoms with van der Waals surface area (Å²) in [5.74, 6) is 1.18. The number of carbonyl (C=O) groups excluding carboxylic acids is 1. The molecule has 3 rings (SSSR count). The van der Waals surface area contributed by atoms with Crippen molar-refractivity contribution in [3.8, 4) is 23.0 Å². The molecule has 0 saturated heterocycles. The fourth-order valence-corrected chi connectivity index (χ4v) is 2.93. The summed E-state index contributed by atoms with van der Waals surface area (Å²) < 4.78 is 17.6. The summed E-state index contributed by atoms with van der Waals surface area (Å²) in [5, 5.41) is 11.4. The van der Waals surface area contributed by atoms with Crippen LogP contribution in [0.3, 0.4) is 0 Å². The molecule has 0 amide bonds. The number of aryl methyl sites for hydroxylation is 1. The number of aromatic hydroxyl groups is 1. The number of carbonyl (C=O) groups is 1. The fraction of sp³-hybridized carbons (Fsp3) is 0.200. The predicted molar refractivity (Wildman–Crippen MR) is 96.3 cm³/mol. The minimum absolute atomic E-state index is 0.0160. The number of phenolic OH excluding ortho intramolecular Hbond substituents is 1. The van der Waals surface area contributed by atoms with Gasteiger partial charge in [-0.3, -0.25) is 4.79 Å². The largest absolute Gasteiger partial charge is 0.504 e. The molecule has 0 aliphatic carbocycles. The van der Waals surface area contributed by atoms with Gasteiger partial charge in [0.2, 0.25) is 0 Å². The Balaban J connectivity index is 2.23. The lowest BCUT2D eigenvalue weighted by Crippen LogP contribution is -2.36. The van der Waals surface area contributed by atoms with Crippen LogP contribution in [0.25, 0.3) is 10.8 Å². The number of ketones is 1. The first-order chi connectivity index (χ1) is 12.5. The number of fused-ring (bicyclic) bond motifs is 1. The zero-order valence-corrected chi connectivity index (χ0v) is 15.1. The minimum atomic E-state index is -0.191. The molecule has 0 radical (unpaired) electrons. The second-order valence-electron chi connectivity index (χ2n) is 5.79. The molecule has 0 fully saturated rings. The topological polar surface area (TPSA) is 68.9 Å². The molecule has 2 aromatic carbocycles. The third kappa shape index (κ3) is 2.90. The van der Waals surface area contributed by atoms with Gasteiger partial charge >= 0.3 is 0 Å². The van der Waals surface area contributed by atoms with E-state index in [2.05, 4.69) is 0 Å². The van der Waals surface area contributed by atoms with Gasteiger partial charge in [0.1, 0.15) is 7.05 Å². The summed E-state index contributed by atoms with van der Waals surface area (Å²) in [5.41, 5.74) is 0.911. The van der Waals surface area contributed by atoms with Crippen LogP contribution in [0, 0.1) is 0 Å². The van der Waals surface area contributed by atoms with Crippen molar-refractivity contribution in [2.24, 2.45) is 7.05 Å². The lowest BCUT2D eigenvalue weighted by atomic mass is 10.0. The summed E-state index contributed by atoms with van der Waals surface area (Å²) >= 11 is 0. The molecule has 6 nitrogen and oxygen atoms in total. The normalized spacial score (nSPS) is 10.6. The molecule has 3 aromatic rings. The van der Waals surface area contributed by atoms with E-state index in [1.54, 1.807) is 38.0 Å². The van der Waals surface area contributed by atoms with Gasteiger partial charge in [-0.25, -0.2) is 0 Å². The van der Waals surface area contributed by atoms with Crippen molar-refractivity contribution < 1.29 is 28.7 Å². The molecule has 134 valence electrons. The second kappa shape index (κ2) is 6.92. The molecular weight excluding hydrogens is 334 g/mol. The fourth-order valence-electron chi connectivity index (χ4n) is 2.93. The van der Waals surface area contributed by atoms with Crippen molar-refractivity contribution >= 4 is 16.6 Å². The van der Waals surface area contributed by atoms with Crippen molar-refractivity contribution in [2.45, 2.75) is 0 Å². The molecule has 26 heavy (non-hydrogen) atoms. The Kier molecular flexibility index (Phi) is 4.67. The third-order valence-corrected chi connectivity index (χ3v) is 4.30. The van der Waals surface area contributed by atoms with Crippen LogP contribution in [0.15, 0.2) is 42.6 Å². The average molecular weight is 354 g/mol. The maximum Gasteiger partial charge on any atom is 0.261 e. The Morgan fingerprint density at radius 1 is 0.923 bits per heavy atom. The molecule has 0 aliphatic rings. The Morgan fingerprint density at radius 2 is 1.58 bits per heavy atom. The summed E-state index contributed by atoms with van der Waals surface area (Å²) in [6.07, 6.45) is 1.82. The highest BCUT2D eigenvalue weighted by Gasteiger charge is 2.25. The monoisotopic (exact) mass is 354 g/mol. The first-order valence-corrected chi connectivity index (χ1v) is 7.96. The van der Waals surface area contributed by atoms with E-state index in [9.17, 15) is 9.90 Å². The molecule has 6 heteroatoms. The molecule has 1 heterocycles. The van der Waals surface area contributed by atoms with Crippen molar-refractivity contribution in [1.82, 2.24) is 0 Å². The molecule has 0 saturated carbocycles. The highest BCUT2D eigenvalue weighted by molar-refractivity contribution is 6.14. The Bertz CT molecular complexity index is 997. The number of aromatic nitrogens is 1. The van der Waals surface area contributed by atoms with Gasteiger partial charge < -0.3 is 19.3 Å². The second-order valence-corrected chi connectivity index (χ2v) is 5.79. The molecule has 0 spiro atoms. The molecule has 1 aromatic heterocycles. The first kappa shape index (κ1) is 17.5. The van der Waals surface area contributed by atoms with Crippen LogP contribution in [0.1, 0.15) is 16.1 Å². The number of hydrogen-bond acceptors (Lipinski definition) is 5. The van der Waals surface area contributed by atoms with Gasteiger partial charge in [0.05, 0.1) is 26.7 Å². The van der Waals surface area contributed by atoms with Crippen molar-refractivity contribution in [3.05, 3.63) is 53.9 Å². The summed E-state index contributed by atoms with van der Waals surface area (Å²) in [7, 11) is 6.37. The van der Waals surface area contributed by atoms with E-state index in [0.29, 0.717) is 22.8 Å². The van der Waals surface area contributed by atoms with E-state index in [4.69, 9.17) is 14.2 Å². The number of nitrogens with zero attached hydrogens (tertiary/aromatic N) is 1. The van der Waals surface area contributed by atoms with Crippen molar-refractivity contribution in [3.63, 3.8) is 0 Å². The zero-order valence-electron chi connectivity index (χ0n) is 15.1. The maximum absolute atomic E-state index is 13.2. The highest BCUT2D eigenvalue weighted by atomic mass is 16.5. The lowest BCUT2D eigenvalue weighted by Gasteiger charge is -2.11. The summed E-state index contributed by atoms with van der Waals surface area (Å²) in [4.78, 5) is 13.2. The standard InChI is InChI=1S/C20H19NO5/c1-21-8-7-12-9-17(25-3)18(26-4)11-14(12)19(21)20(23)13-5-6-15(22)16(10-13)24-2/h5-11H,1-4H3/p+1. The minimum Gasteiger partial charge on any atom is -0.504 e. The summed E-state index contributed by atoms with van der Waals surface area (Å²) in [6, 6.07) is 10.1. The van der Waals surface area contributed by atoms with Crippen LogP contribution in [-0.2, 0) is 7.05 Å². The molecule has 0 aliphatic heterocycles. The Hall–Kier alpha value is -3.28. The van der Waals surface area contributed by atoms with Crippen molar-refractivity contribution in [2.75, 3.05) is 21.3 Å². The highest BCUT2D eigenvalue weighted by Crippen LogP contribution is 2.34. The molecular formula is C20H20NO5+. The maximum atomic E-state index is 13.2. The van der Waals surface area contributed by atoms with Gasteiger partial charge in [-0.2, -0.15) is 4.57 Å². The quantitative estimate of drug-likeness (QED) is 0.563. The van der Waals surface area contributed by atoms with Crippen LogP contribution < -0.4 is 18.8 Å². The van der Waals surface area contributed by atoms with Gasteiger partial charge in [0.25, 0.3) is 11.5 Å². The van der Waals surface area contributed by atoms with E-state index in [-0.39, 0.29) is 17.3 Å². The van der Waals surface area contributed by atoms with E-state index in [0.717, 1.165) is 10.8 Å². The van der Waals surface area contributed by atoms with Gasteiger partial charge in [-0.15, -0.1) is 0 Å². The SMILES string of the molecule is COc1cc(C(=O)c2c3cc(OC)c(OC)cc3cc[n+]2C)ccc1O. The number of pyridine rings is 1. The molecule has 0 atom stereocenters.